The Kier molecular flexibility index (Phi) is 3.09. The van der Waals surface area contributed by atoms with E-state index >= 15 is 0 Å². The lowest BCUT2D eigenvalue weighted by atomic mass is 10.1. The van der Waals surface area contributed by atoms with E-state index in [9.17, 15) is 17.6 Å². The fraction of sp³-hybridized carbons (Fsp3) is 0.182. The van der Waals surface area contributed by atoms with Crippen molar-refractivity contribution in [3.05, 3.63) is 30.0 Å². The lowest BCUT2D eigenvalue weighted by molar-refractivity contribution is -0.274. The molecule has 8 heteroatoms. The van der Waals surface area contributed by atoms with E-state index in [1.165, 1.54) is 19.1 Å². The molecule has 0 fully saturated rings. The van der Waals surface area contributed by atoms with Crippen LogP contribution in [0.2, 0.25) is 0 Å². The van der Waals surface area contributed by atoms with Crippen LogP contribution in [0.5, 0.6) is 5.75 Å². The molecule has 1 heterocycles. The fourth-order valence-corrected chi connectivity index (χ4v) is 1.56. The van der Waals surface area contributed by atoms with Gasteiger partial charge in [0.2, 0.25) is 5.95 Å². The molecular weight excluding hydrogens is 266 g/mol. The Bertz CT molecular complexity index is 606. The quantitative estimate of drug-likeness (QED) is 0.654. The van der Waals surface area contributed by atoms with Gasteiger partial charge in [-0.1, -0.05) is 6.07 Å². The molecule has 0 bridgehead atoms. The van der Waals surface area contributed by atoms with Crippen LogP contribution in [0.3, 0.4) is 0 Å². The highest BCUT2D eigenvalue weighted by molar-refractivity contribution is 5.67. The number of aromatic nitrogens is 2. The molecule has 4 nitrogen and oxygen atoms in total. The molecule has 0 aliphatic heterocycles. The van der Waals surface area contributed by atoms with Gasteiger partial charge in [-0.25, -0.2) is 4.98 Å². The highest BCUT2D eigenvalue weighted by Crippen LogP contribution is 2.33. The van der Waals surface area contributed by atoms with E-state index in [0.717, 1.165) is 6.07 Å². The third-order valence-corrected chi connectivity index (χ3v) is 2.31. The van der Waals surface area contributed by atoms with Crippen LogP contribution in [0, 0.1) is 12.9 Å². The standard InChI is InChI=1S/C11H9F4N3O/c1-5-17-9(10(12)18-5)6-2-3-7(16)8(4-6)19-11(13,14)15/h2-4H,16H2,1H3,(H,17,18). The van der Waals surface area contributed by atoms with Crippen molar-refractivity contribution in [2.45, 2.75) is 13.3 Å². The van der Waals surface area contributed by atoms with Crippen molar-refractivity contribution in [2.75, 3.05) is 5.73 Å². The molecule has 0 amide bonds. The maximum Gasteiger partial charge on any atom is 0.573 e. The van der Waals surface area contributed by atoms with Gasteiger partial charge >= 0.3 is 6.36 Å². The molecule has 2 aromatic rings. The maximum absolute atomic E-state index is 13.4. The van der Waals surface area contributed by atoms with Gasteiger partial charge in [-0.15, -0.1) is 13.2 Å². The first-order valence-corrected chi connectivity index (χ1v) is 5.14. The summed E-state index contributed by atoms with van der Waals surface area (Å²) in [7, 11) is 0. The third kappa shape index (κ3) is 2.95. The molecule has 0 aliphatic carbocycles. The number of ether oxygens (including phenoxy) is 1. The van der Waals surface area contributed by atoms with Gasteiger partial charge in [-0.3, -0.25) is 0 Å². The summed E-state index contributed by atoms with van der Waals surface area (Å²) in [6.45, 7) is 1.52. The number of nitrogens with zero attached hydrogens (tertiary/aromatic N) is 1. The van der Waals surface area contributed by atoms with Gasteiger partial charge in [0.05, 0.1) is 5.69 Å². The van der Waals surface area contributed by atoms with Crippen molar-refractivity contribution >= 4 is 5.69 Å². The largest absolute Gasteiger partial charge is 0.573 e. The maximum atomic E-state index is 13.4. The zero-order chi connectivity index (χ0) is 14.2. The molecule has 102 valence electrons. The summed E-state index contributed by atoms with van der Waals surface area (Å²) in [5.74, 6) is -1.08. The molecule has 0 aliphatic rings. The number of hydrogen-bond donors (Lipinski definition) is 2. The number of imidazole rings is 1. The molecule has 2 rings (SSSR count). The minimum Gasteiger partial charge on any atom is -0.404 e. The zero-order valence-corrected chi connectivity index (χ0v) is 9.68. The summed E-state index contributed by atoms with van der Waals surface area (Å²) in [5.41, 5.74) is 5.31. The van der Waals surface area contributed by atoms with Crippen molar-refractivity contribution in [3.8, 4) is 17.0 Å². The van der Waals surface area contributed by atoms with Crippen molar-refractivity contribution < 1.29 is 22.3 Å². The molecule has 0 unspecified atom stereocenters. The summed E-state index contributed by atoms with van der Waals surface area (Å²) in [6.07, 6.45) is -4.87. The Balaban J connectivity index is 2.44. The first-order valence-electron chi connectivity index (χ1n) is 5.14. The van der Waals surface area contributed by atoms with Crippen LogP contribution in [0.15, 0.2) is 18.2 Å². The summed E-state index contributed by atoms with van der Waals surface area (Å²) >= 11 is 0. The number of rotatable bonds is 2. The van der Waals surface area contributed by atoms with Crippen LogP contribution in [-0.4, -0.2) is 16.3 Å². The van der Waals surface area contributed by atoms with E-state index in [1.54, 1.807) is 0 Å². The Morgan fingerprint density at radius 3 is 2.53 bits per heavy atom. The third-order valence-electron chi connectivity index (χ3n) is 2.31. The molecule has 3 N–H and O–H groups in total. The number of anilines is 1. The van der Waals surface area contributed by atoms with Crippen molar-refractivity contribution in [3.63, 3.8) is 0 Å². The predicted octanol–water partition coefficient (Wildman–Crippen LogP) is 3.01. The summed E-state index contributed by atoms with van der Waals surface area (Å²) in [4.78, 5) is 6.10. The zero-order valence-electron chi connectivity index (χ0n) is 9.68. The molecular formula is C11H9F4N3O. The van der Waals surface area contributed by atoms with Crippen LogP contribution in [-0.2, 0) is 0 Å². The van der Waals surface area contributed by atoms with Crippen molar-refractivity contribution in [1.82, 2.24) is 9.97 Å². The topological polar surface area (TPSA) is 63.9 Å². The summed E-state index contributed by atoms with van der Waals surface area (Å²) in [5, 5.41) is 0. The molecule has 1 aromatic carbocycles. The average Bonchev–Trinajstić information content (AvgIpc) is 2.59. The summed E-state index contributed by atoms with van der Waals surface area (Å²) < 4.78 is 53.7. The monoisotopic (exact) mass is 275 g/mol. The molecule has 0 radical (unpaired) electrons. The number of hydrogen-bond acceptors (Lipinski definition) is 3. The second-order valence-corrected chi connectivity index (χ2v) is 3.79. The molecule has 0 saturated heterocycles. The van der Waals surface area contributed by atoms with Crippen molar-refractivity contribution in [1.29, 1.82) is 0 Å². The predicted molar refractivity (Wildman–Crippen MR) is 59.8 cm³/mol. The first-order chi connectivity index (χ1) is 8.76. The van der Waals surface area contributed by atoms with E-state index in [2.05, 4.69) is 14.7 Å². The highest BCUT2D eigenvalue weighted by Gasteiger charge is 2.32. The minimum atomic E-state index is -4.87. The van der Waals surface area contributed by atoms with Gasteiger partial charge in [0, 0.05) is 5.56 Å². The number of halogens is 4. The van der Waals surface area contributed by atoms with Gasteiger partial charge < -0.3 is 15.5 Å². The minimum absolute atomic E-state index is 0.0236. The van der Waals surface area contributed by atoms with Crippen molar-refractivity contribution in [2.24, 2.45) is 0 Å². The van der Waals surface area contributed by atoms with Crippen LogP contribution in [0.4, 0.5) is 23.2 Å². The molecule has 0 atom stereocenters. The number of nitrogen functional groups attached to an aromatic ring is 1. The lowest BCUT2D eigenvalue weighted by Gasteiger charge is -2.12. The number of benzene rings is 1. The fourth-order valence-electron chi connectivity index (χ4n) is 1.56. The SMILES string of the molecule is Cc1nc(F)c(-c2ccc(N)c(OC(F)(F)F)c2)[nH]1. The lowest BCUT2D eigenvalue weighted by Crippen LogP contribution is -2.18. The first kappa shape index (κ1) is 13.2. The molecule has 19 heavy (non-hydrogen) atoms. The van der Waals surface area contributed by atoms with E-state index in [-0.39, 0.29) is 16.9 Å². The second-order valence-electron chi connectivity index (χ2n) is 3.79. The van der Waals surface area contributed by atoms with Crippen LogP contribution >= 0.6 is 0 Å². The molecule has 1 aromatic heterocycles. The number of aromatic amines is 1. The number of nitrogens with two attached hydrogens (primary N) is 1. The Hall–Kier alpha value is -2.25. The number of aryl methyl sites for hydroxylation is 1. The molecule has 0 saturated carbocycles. The van der Waals surface area contributed by atoms with E-state index in [4.69, 9.17) is 5.73 Å². The van der Waals surface area contributed by atoms with E-state index in [1.807, 2.05) is 0 Å². The summed E-state index contributed by atoms with van der Waals surface area (Å²) in [6, 6.07) is 3.57. The second kappa shape index (κ2) is 4.45. The van der Waals surface area contributed by atoms with Gasteiger partial charge in [-0.05, 0) is 19.1 Å². The smallest absolute Gasteiger partial charge is 0.404 e. The number of H-pyrrole nitrogens is 1. The highest BCUT2D eigenvalue weighted by atomic mass is 19.4. The Morgan fingerprint density at radius 1 is 1.32 bits per heavy atom. The van der Waals surface area contributed by atoms with Gasteiger partial charge in [0.25, 0.3) is 0 Å². The van der Waals surface area contributed by atoms with Gasteiger partial charge in [0.15, 0.2) is 5.75 Å². The number of alkyl halides is 3. The number of nitrogens with one attached hydrogen (secondary N) is 1. The van der Waals surface area contributed by atoms with Crippen LogP contribution < -0.4 is 10.5 Å². The van der Waals surface area contributed by atoms with Crippen LogP contribution in [0.1, 0.15) is 5.82 Å². The van der Waals surface area contributed by atoms with Gasteiger partial charge in [0.1, 0.15) is 11.5 Å². The van der Waals surface area contributed by atoms with Crippen LogP contribution in [0.25, 0.3) is 11.3 Å². The normalized spacial score (nSPS) is 11.6. The van der Waals surface area contributed by atoms with E-state index in [0.29, 0.717) is 5.82 Å². The van der Waals surface area contributed by atoms with E-state index < -0.39 is 18.1 Å². The Labute approximate surface area is 105 Å². The van der Waals surface area contributed by atoms with Gasteiger partial charge in [-0.2, -0.15) is 4.39 Å². The Morgan fingerprint density at radius 2 is 2.00 bits per heavy atom. The average molecular weight is 275 g/mol. The molecule has 0 spiro atoms.